The van der Waals surface area contributed by atoms with Crippen molar-refractivity contribution < 1.29 is 9.53 Å². The number of Topliss-reactive ketones (excluding diaryl/α,β-unsaturated/α-hetero) is 1. The van der Waals surface area contributed by atoms with Crippen LogP contribution in [-0.4, -0.2) is 18.1 Å². The number of benzene rings is 1. The molecule has 0 bridgehead atoms. The van der Waals surface area contributed by atoms with Crippen molar-refractivity contribution >= 4 is 17.5 Å². The molecular formula is C19H26O2S. The van der Waals surface area contributed by atoms with E-state index < -0.39 is 0 Å². The van der Waals surface area contributed by atoms with Crippen molar-refractivity contribution in [2.75, 3.05) is 7.11 Å². The van der Waals surface area contributed by atoms with Crippen LogP contribution >= 0.6 is 11.8 Å². The highest BCUT2D eigenvalue weighted by molar-refractivity contribution is 8.00. The van der Waals surface area contributed by atoms with E-state index in [9.17, 15) is 4.79 Å². The second-order valence-electron chi connectivity index (χ2n) is 6.06. The molecule has 0 spiro atoms. The molecule has 0 aliphatic heterocycles. The summed E-state index contributed by atoms with van der Waals surface area (Å²) in [7, 11) is 1.69. The number of hydrogen-bond donors (Lipinski definition) is 0. The summed E-state index contributed by atoms with van der Waals surface area (Å²) in [6.07, 6.45) is 5.48. The zero-order chi connectivity index (χ0) is 15.9. The van der Waals surface area contributed by atoms with Crippen LogP contribution in [0.3, 0.4) is 0 Å². The lowest BCUT2D eigenvalue weighted by molar-refractivity contribution is -0.122. The van der Waals surface area contributed by atoms with Crippen LogP contribution in [0.4, 0.5) is 0 Å². The van der Waals surface area contributed by atoms with Crippen LogP contribution in [0.1, 0.15) is 39.5 Å². The summed E-state index contributed by atoms with van der Waals surface area (Å²) in [5.41, 5.74) is 1.22. The minimum Gasteiger partial charge on any atom is -0.504 e. The van der Waals surface area contributed by atoms with E-state index in [1.165, 1.54) is 10.5 Å². The molecule has 3 unspecified atom stereocenters. The van der Waals surface area contributed by atoms with Crippen molar-refractivity contribution in [1.29, 1.82) is 0 Å². The number of rotatable bonds is 6. The zero-order valence-corrected chi connectivity index (χ0v) is 14.6. The first-order valence-corrected chi connectivity index (χ1v) is 8.96. The molecule has 120 valence electrons. The predicted octanol–water partition coefficient (Wildman–Crippen LogP) is 5.09. The van der Waals surface area contributed by atoms with Gasteiger partial charge in [0.15, 0.2) is 0 Å². The number of ketones is 1. The van der Waals surface area contributed by atoms with E-state index >= 15 is 0 Å². The monoisotopic (exact) mass is 318 g/mol. The Morgan fingerprint density at radius 1 is 1.41 bits per heavy atom. The molecule has 0 N–H and O–H groups in total. The lowest BCUT2D eigenvalue weighted by atomic mass is 9.74. The molecule has 22 heavy (non-hydrogen) atoms. The van der Waals surface area contributed by atoms with Gasteiger partial charge in [-0.25, -0.2) is 0 Å². The van der Waals surface area contributed by atoms with Crippen molar-refractivity contribution in [2.45, 2.75) is 49.7 Å². The Kier molecular flexibility index (Phi) is 6.56. The van der Waals surface area contributed by atoms with E-state index in [4.69, 9.17) is 4.74 Å². The number of carbonyl (C=O) groups excluding carboxylic acids is 1. The summed E-state index contributed by atoms with van der Waals surface area (Å²) >= 11 is 1.86. The van der Waals surface area contributed by atoms with Gasteiger partial charge in [-0.3, -0.25) is 4.79 Å². The Balaban J connectivity index is 2.26. The maximum absolute atomic E-state index is 12.0. The minimum absolute atomic E-state index is 0.302. The van der Waals surface area contributed by atoms with Gasteiger partial charge in [0, 0.05) is 23.0 Å². The summed E-state index contributed by atoms with van der Waals surface area (Å²) in [5, 5.41) is 0.302. The van der Waals surface area contributed by atoms with E-state index in [1.807, 2.05) is 24.1 Å². The van der Waals surface area contributed by atoms with E-state index in [0.717, 1.165) is 19.3 Å². The smallest absolute Gasteiger partial charge is 0.133 e. The molecule has 0 amide bonds. The quantitative estimate of drug-likeness (QED) is 0.539. The van der Waals surface area contributed by atoms with Crippen LogP contribution in [-0.2, 0) is 9.53 Å². The SMILES string of the molecule is CCC1CCC(=O)CC1C(Sc1ccccc1)C(C)=COC. The van der Waals surface area contributed by atoms with E-state index in [-0.39, 0.29) is 0 Å². The highest BCUT2D eigenvalue weighted by Gasteiger charge is 2.35. The van der Waals surface area contributed by atoms with E-state index in [2.05, 4.69) is 38.1 Å². The van der Waals surface area contributed by atoms with Crippen molar-refractivity contribution in [3.05, 3.63) is 42.2 Å². The molecule has 2 nitrogen and oxygen atoms in total. The molecular weight excluding hydrogens is 292 g/mol. The van der Waals surface area contributed by atoms with Crippen molar-refractivity contribution in [3.63, 3.8) is 0 Å². The maximum Gasteiger partial charge on any atom is 0.133 e. The Morgan fingerprint density at radius 2 is 2.14 bits per heavy atom. The molecule has 3 heteroatoms. The van der Waals surface area contributed by atoms with Crippen LogP contribution in [0.25, 0.3) is 0 Å². The Labute approximate surface area is 138 Å². The lowest BCUT2D eigenvalue weighted by Crippen LogP contribution is -2.33. The van der Waals surface area contributed by atoms with Crippen LogP contribution in [0.2, 0.25) is 0 Å². The normalized spacial score (nSPS) is 24.1. The Bertz CT molecular complexity index is 509. The average Bonchev–Trinajstić information content (AvgIpc) is 2.53. The first-order chi connectivity index (χ1) is 10.7. The summed E-state index contributed by atoms with van der Waals surface area (Å²) < 4.78 is 5.25. The third-order valence-corrected chi connectivity index (χ3v) is 6.05. The van der Waals surface area contributed by atoms with Gasteiger partial charge in [0.2, 0.25) is 0 Å². The first kappa shape index (κ1) is 17.1. The lowest BCUT2D eigenvalue weighted by Gasteiger charge is -2.36. The Hall–Kier alpha value is -1.22. The second kappa shape index (κ2) is 8.42. The summed E-state index contributed by atoms with van der Waals surface area (Å²) in [5.74, 6) is 1.44. The van der Waals surface area contributed by atoms with Gasteiger partial charge in [-0.1, -0.05) is 31.5 Å². The third-order valence-electron chi connectivity index (χ3n) is 4.53. The molecule has 3 atom stereocenters. The second-order valence-corrected chi connectivity index (χ2v) is 7.28. The number of hydrogen-bond acceptors (Lipinski definition) is 3. The summed E-state index contributed by atoms with van der Waals surface area (Å²) in [6.45, 7) is 4.36. The minimum atomic E-state index is 0.302. The van der Waals surface area contributed by atoms with Crippen molar-refractivity contribution in [1.82, 2.24) is 0 Å². The molecule has 1 fully saturated rings. The van der Waals surface area contributed by atoms with Crippen molar-refractivity contribution in [2.24, 2.45) is 11.8 Å². The number of thioether (sulfide) groups is 1. The maximum atomic E-state index is 12.0. The van der Waals surface area contributed by atoms with E-state index in [0.29, 0.717) is 29.3 Å². The third kappa shape index (κ3) is 4.39. The first-order valence-electron chi connectivity index (χ1n) is 8.08. The van der Waals surface area contributed by atoms with E-state index in [1.54, 1.807) is 7.11 Å². The number of methoxy groups -OCH3 is 1. The van der Waals surface area contributed by atoms with Gasteiger partial charge in [0.1, 0.15) is 5.78 Å². The Morgan fingerprint density at radius 3 is 2.77 bits per heavy atom. The molecule has 1 saturated carbocycles. The fraction of sp³-hybridized carbons (Fsp3) is 0.526. The van der Waals surface area contributed by atoms with Crippen LogP contribution in [0.15, 0.2) is 47.1 Å². The molecule has 2 rings (SSSR count). The fourth-order valence-electron chi connectivity index (χ4n) is 3.37. The molecule has 0 saturated heterocycles. The number of ether oxygens (including phenoxy) is 1. The standard InChI is InChI=1S/C19H26O2S/c1-4-15-10-11-16(20)12-18(15)19(14(2)13-21-3)22-17-8-6-5-7-9-17/h5-9,13,15,18-19H,4,10-12H2,1-3H3. The molecule has 0 heterocycles. The fourth-order valence-corrected chi connectivity index (χ4v) is 4.71. The van der Waals surface area contributed by atoms with Gasteiger partial charge in [0.05, 0.1) is 13.4 Å². The van der Waals surface area contributed by atoms with Gasteiger partial charge in [-0.2, -0.15) is 0 Å². The molecule has 1 aromatic carbocycles. The highest BCUT2D eigenvalue weighted by Crippen LogP contribution is 2.42. The van der Waals surface area contributed by atoms with Gasteiger partial charge < -0.3 is 4.74 Å². The van der Waals surface area contributed by atoms with Gasteiger partial charge >= 0.3 is 0 Å². The number of carbonyl (C=O) groups is 1. The molecule has 0 radical (unpaired) electrons. The largest absolute Gasteiger partial charge is 0.504 e. The van der Waals surface area contributed by atoms with Crippen molar-refractivity contribution in [3.8, 4) is 0 Å². The molecule has 1 aliphatic carbocycles. The van der Waals surface area contributed by atoms with Gasteiger partial charge in [0.25, 0.3) is 0 Å². The highest BCUT2D eigenvalue weighted by atomic mass is 32.2. The summed E-state index contributed by atoms with van der Waals surface area (Å²) in [4.78, 5) is 13.3. The topological polar surface area (TPSA) is 26.3 Å². The van der Waals surface area contributed by atoms with Crippen LogP contribution in [0.5, 0.6) is 0 Å². The summed E-state index contributed by atoms with van der Waals surface area (Å²) in [6, 6.07) is 10.5. The predicted molar refractivity (Wildman–Crippen MR) is 93.0 cm³/mol. The molecule has 1 aliphatic rings. The van der Waals surface area contributed by atoms with Gasteiger partial charge in [-0.05, 0) is 42.9 Å². The molecule has 0 aromatic heterocycles. The average molecular weight is 318 g/mol. The van der Waals surface area contributed by atoms with Crippen LogP contribution < -0.4 is 0 Å². The van der Waals surface area contributed by atoms with Gasteiger partial charge in [-0.15, -0.1) is 11.8 Å². The zero-order valence-electron chi connectivity index (χ0n) is 13.7. The molecule has 1 aromatic rings. The van der Waals surface area contributed by atoms with Crippen LogP contribution in [0, 0.1) is 11.8 Å².